The lowest BCUT2D eigenvalue weighted by atomic mass is 10.3. The summed E-state index contributed by atoms with van der Waals surface area (Å²) >= 11 is 0. The molecular weight excluding hydrogens is 233 g/mol. The number of fused-ring (bicyclic) bond motifs is 1. The lowest BCUT2D eigenvalue weighted by Gasteiger charge is -1.99. The Balaban J connectivity index is 2.27. The van der Waals surface area contributed by atoms with Crippen molar-refractivity contribution >= 4 is 11.5 Å². The minimum absolute atomic E-state index is 0.364. The second-order valence-electron chi connectivity index (χ2n) is 3.91. The Bertz CT molecular complexity index is 734. The predicted molar refractivity (Wildman–Crippen MR) is 65.3 cm³/mol. The first-order chi connectivity index (χ1) is 8.65. The minimum atomic E-state index is -0.364. The van der Waals surface area contributed by atoms with Gasteiger partial charge in [0.1, 0.15) is 28.8 Å². The van der Waals surface area contributed by atoms with Crippen LogP contribution in [-0.2, 0) is 0 Å². The molecule has 0 fully saturated rings. The van der Waals surface area contributed by atoms with E-state index < -0.39 is 0 Å². The highest BCUT2D eigenvalue weighted by molar-refractivity contribution is 5.72. The van der Waals surface area contributed by atoms with E-state index in [1.807, 2.05) is 0 Å². The topological polar surface area (TPSA) is 69.1 Å². The zero-order chi connectivity index (χ0) is 12.7. The van der Waals surface area contributed by atoms with Gasteiger partial charge < -0.3 is 5.73 Å². The number of nitrogen functional groups attached to an aromatic ring is 1. The molecule has 0 saturated carbocycles. The van der Waals surface area contributed by atoms with Gasteiger partial charge in [-0.1, -0.05) is 0 Å². The van der Waals surface area contributed by atoms with Crippen molar-refractivity contribution in [2.75, 3.05) is 5.73 Å². The van der Waals surface area contributed by atoms with E-state index in [4.69, 9.17) is 5.73 Å². The quantitative estimate of drug-likeness (QED) is 0.707. The smallest absolute Gasteiger partial charge is 0.140 e. The molecule has 0 amide bonds. The summed E-state index contributed by atoms with van der Waals surface area (Å²) in [5, 5.41) is 0. The van der Waals surface area contributed by atoms with E-state index in [9.17, 15) is 4.39 Å². The van der Waals surface area contributed by atoms with E-state index in [-0.39, 0.29) is 5.82 Å². The van der Waals surface area contributed by atoms with Gasteiger partial charge in [0, 0.05) is 12.4 Å². The Kier molecular flexibility index (Phi) is 2.22. The molecule has 18 heavy (non-hydrogen) atoms. The molecule has 0 atom stereocenters. The first-order valence-electron chi connectivity index (χ1n) is 5.38. The Morgan fingerprint density at radius 1 is 1.22 bits per heavy atom. The monoisotopic (exact) mass is 243 g/mol. The van der Waals surface area contributed by atoms with Gasteiger partial charge in [0.25, 0.3) is 0 Å². The van der Waals surface area contributed by atoms with Gasteiger partial charge in [-0.2, -0.15) is 0 Å². The van der Waals surface area contributed by atoms with Crippen LogP contribution in [0, 0.1) is 12.7 Å². The van der Waals surface area contributed by atoms with Crippen LogP contribution in [-0.4, -0.2) is 19.4 Å². The second kappa shape index (κ2) is 3.76. The highest BCUT2D eigenvalue weighted by Crippen LogP contribution is 2.24. The highest BCUT2D eigenvalue weighted by Gasteiger charge is 2.13. The van der Waals surface area contributed by atoms with Gasteiger partial charge in [-0.15, -0.1) is 0 Å². The third-order valence-electron chi connectivity index (χ3n) is 2.64. The van der Waals surface area contributed by atoms with E-state index in [0.717, 1.165) is 0 Å². The van der Waals surface area contributed by atoms with Crippen molar-refractivity contribution in [1.29, 1.82) is 0 Å². The number of rotatable bonds is 1. The van der Waals surface area contributed by atoms with Gasteiger partial charge in [0.05, 0.1) is 5.69 Å². The van der Waals surface area contributed by atoms with Crippen LogP contribution in [0.2, 0.25) is 0 Å². The van der Waals surface area contributed by atoms with Crippen molar-refractivity contribution in [3.63, 3.8) is 0 Å². The molecule has 90 valence electrons. The normalized spacial score (nSPS) is 11.0. The predicted octanol–water partition coefficient (Wildman–Crippen LogP) is 1.82. The van der Waals surface area contributed by atoms with Crippen molar-refractivity contribution < 1.29 is 4.39 Å². The average molecular weight is 243 g/mol. The van der Waals surface area contributed by atoms with Crippen LogP contribution in [0.5, 0.6) is 0 Å². The summed E-state index contributed by atoms with van der Waals surface area (Å²) < 4.78 is 14.7. The van der Waals surface area contributed by atoms with Crippen molar-refractivity contribution in [2.45, 2.75) is 6.92 Å². The van der Waals surface area contributed by atoms with Crippen LogP contribution in [0.1, 0.15) is 5.82 Å². The number of nitrogens with two attached hydrogens (primary N) is 1. The number of hydrogen-bond donors (Lipinski definition) is 1. The molecule has 3 heterocycles. The van der Waals surface area contributed by atoms with E-state index in [0.29, 0.717) is 28.7 Å². The van der Waals surface area contributed by atoms with Crippen LogP contribution < -0.4 is 5.73 Å². The molecule has 0 aliphatic rings. The summed E-state index contributed by atoms with van der Waals surface area (Å²) in [4.78, 5) is 12.6. The highest BCUT2D eigenvalue weighted by atomic mass is 19.1. The maximum Gasteiger partial charge on any atom is 0.140 e. The third kappa shape index (κ3) is 1.58. The van der Waals surface area contributed by atoms with Crippen LogP contribution in [0.25, 0.3) is 17.0 Å². The Morgan fingerprint density at radius 3 is 2.83 bits per heavy atom. The molecule has 3 rings (SSSR count). The van der Waals surface area contributed by atoms with Gasteiger partial charge >= 0.3 is 0 Å². The minimum Gasteiger partial charge on any atom is -0.383 e. The maximum absolute atomic E-state index is 13.2. The van der Waals surface area contributed by atoms with Gasteiger partial charge in [-0.25, -0.2) is 19.3 Å². The molecule has 0 bridgehead atoms. The fraction of sp³-hybridized carbons (Fsp3) is 0.0833. The summed E-state index contributed by atoms with van der Waals surface area (Å²) in [6.07, 6.45) is 2.94. The maximum atomic E-state index is 13.2. The molecule has 2 N–H and O–H groups in total. The number of anilines is 1. The second-order valence-corrected chi connectivity index (χ2v) is 3.91. The van der Waals surface area contributed by atoms with Crippen LogP contribution in [0.4, 0.5) is 10.2 Å². The number of pyridine rings is 1. The molecule has 0 unspecified atom stereocenters. The lowest BCUT2D eigenvalue weighted by molar-refractivity contribution is 0.619. The molecule has 6 heteroatoms. The van der Waals surface area contributed by atoms with E-state index in [1.54, 1.807) is 25.3 Å². The van der Waals surface area contributed by atoms with E-state index >= 15 is 0 Å². The number of imidazole rings is 1. The molecule has 0 spiro atoms. The molecule has 3 aromatic heterocycles. The van der Waals surface area contributed by atoms with Crippen molar-refractivity contribution in [3.8, 4) is 11.4 Å². The number of aromatic nitrogens is 4. The first kappa shape index (κ1) is 10.6. The average Bonchev–Trinajstić information content (AvgIpc) is 2.67. The number of halogens is 1. The zero-order valence-corrected chi connectivity index (χ0v) is 9.63. The standard InChI is InChI=1S/C12H10FN5/c1-7-15-5-4-9(16-7)11-12(14)18-6-8(13)2-3-10(18)17-11/h2-6H,14H2,1H3. The SMILES string of the molecule is Cc1nccc(-c2nc3ccc(F)cn3c2N)n1. The summed E-state index contributed by atoms with van der Waals surface area (Å²) in [7, 11) is 0. The number of aryl methyl sites for hydroxylation is 1. The van der Waals surface area contributed by atoms with Gasteiger partial charge in [0.15, 0.2) is 0 Å². The van der Waals surface area contributed by atoms with Crippen molar-refractivity contribution in [3.05, 3.63) is 42.2 Å². The number of nitrogens with zero attached hydrogens (tertiary/aromatic N) is 4. The van der Waals surface area contributed by atoms with Crippen LogP contribution in [0.15, 0.2) is 30.6 Å². The molecule has 3 aromatic rings. The Labute approximate surface area is 102 Å². The summed E-state index contributed by atoms with van der Waals surface area (Å²) in [5.41, 5.74) is 7.71. The Hall–Kier alpha value is -2.50. The van der Waals surface area contributed by atoms with Crippen molar-refractivity contribution in [1.82, 2.24) is 19.4 Å². The first-order valence-corrected chi connectivity index (χ1v) is 5.38. The summed E-state index contributed by atoms with van der Waals surface area (Å²) in [6.45, 7) is 1.79. The molecule has 0 aliphatic carbocycles. The molecule has 0 aliphatic heterocycles. The van der Waals surface area contributed by atoms with E-state index in [2.05, 4.69) is 15.0 Å². The largest absolute Gasteiger partial charge is 0.383 e. The van der Waals surface area contributed by atoms with Gasteiger partial charge in [-0.05, 0) is 25.1 Å². The molecule has 5 nitrogen and oxygen atoms in total. The molecule has 0 saturated heterocycles. The van der Waals surface area contributed by atoms with Gasteiger partial charge in [-0.3, -0.25) is 4.40 Å². The molecule has 0 aromatic carbocycles. The van der Waals surface area contributed by atoms with Crippen molar-refractivity contribution in [2.24, 2.45) is 0 Å². The molecule has 0 radical (unpaired) electrons. The fourth-order valence-electron chi connectivity index (χ4n) is 1.81. The Morgan fingerprint density at radius 2 is 2.06 bits per heavy atom. The van der Waals surface area contributed by atoms with Gasteiger partial charge in [0.2, 0.25) is 0 Å². The lowest BCUT2D eigenvalue weighted by Crippen LogP contribution is -1.96. The van der Waals surface area contributed by atoms with E-state index in [1.165, 1.54) is 16.7 Å². The summed E-state index contributed by atoms with van der Waals surface area (Å²) in [6, 6.07) is 4.64. The number of hydrogen-bond acceptors (Lipinski definition) is 4. The van der Waals surface area contributed by atoms with Crippen LogP contribution in [0.3, 0.4) is 0 Å². The van der Waals surface area contributed by atoms with Crippen LogP contribution >= 0.6 is 0 Å². The fourth-order valence-corrected chi connectivity index (χ4v) is 1.81. The molecular formula is C12H10FN5. The third-order valence-corrected chi connectivity index (χ3v) is 2.64. The summed E-state index contributed by atoms with van der Waals surface area (Å²) in [5.74, 6) is 0.634. The zero-order valence-electron chi connectivity index (χ0n) is 9.63.